The highest BCUT2D eigenvalue weighted by molar-refractivity contribution is 5.93. The minimum Gasteiger partial charge on any atom is -0.376 e. The second kappa shape index (κ2) is 5.86. The zero-order valence-corrected chi connectivity index (χ0v) is 11.9. The molecule has 2 rings (SSSR count). The average molecular weight is 275 g/mol. The highest BCUT2D eigenvalue weighted by Gasteiger charge is 2.10. The number of rotatable bonds is 4. The van der Waals surface area contributed by atoms with Gasteiger partial charge in [0, 0.05) is 30.4 Å². The number of fused-ring (bicyclic) bond motifs is 1. The van der Waals surface area contributed by atoms with E-state index < -0.39 is 0 Å². The second-order valence-electron chi connectivity index (χ2n) is 4.71. The fourth-order valence-electron chi connectivity index (χ4n) is 1.97. The van der Waals surface area contributed by atoms with Gasteiger partial charge in [-0.05, 0) is 26.0 Å². The molecule has 0 saturated heterocycles. The van der Waals surface area contributed by atoms with Crippen molar-refractivity contribution < 1.29 is 9.18 Å². The molecule has 4 nitrogen and oxygen atoms in total. The molecule has 1 N–H and O–H groups in total. The number of likely N-dealkylation sites (N-methyl/N-ethyl adjacent to an activating group) is 1. The molecule has 106 valence electrons. The smallest absolute Gasteiger partial charge is 0.241 e. The van der Waals surface area contributed by atoms with Gasteiger partial charge in [-0.2, -0.15) is 0 Å². The zero-order valence-electron chi connectivity index (χ0n) is 11.9. The topological polar surface area (TPSA) is 45.2 Å². The molecule has 1 amide bonds. The molecule has 0 spiro atoms. The Bertz CT molecular complexity index is 642. The molecular weight excluding hydrogens is 257 g/mol. The zero-order chi connectivity index (χ0) is 14.7. The first-order chi connectivity index (χ1) is 9.52. The fraction of sp³-hybridized carbons (Fsp3) is 0.333. The monoisotopic (exact) mass is 275 g/mol. The Morgan fingerprint density at radius 1 is 1.45 bits per heavy atom. The Morgan fingerprint density at radius 3 is 2.90 bits per heavy atom. The van der Waals surface area contributed by atoms with Crippen molar-refractivity contribution >= 4 is 22.5 Å². The molecule has 0 bridgehead atoms. The van der Waals surface area contributed by atoms with Crippen LogP contribution in [0, 0.1) is 12.7 Å². The van der Waals surface area contributed by atoms with Crippen LogP contribution in [0.5, 0.6) is 0 Å². The highest BCUT2D eigenvalue weighted by Crippen LogP contribution is 2.24. The fourth-order valence-corrected chi connectivity index (χ4v) is 1.97. The maximum absolute atomic E-state index is 13.8. The number of carbonyl (C=O) groups excluding carboxylic acids is 1. The lowest BCUT2D eigenvalue weighted by Gasteiger charge is -2.16. The van der Waals surface area contributed by atoms with E-state index in [0.717, 1.165) is 5.69 Å². The summed E-state index contributed by atoms with van der Waals surface area (Å²) in [5.41, 5.74) is 1.76. The first kappa shape index (κ1) is 14.2. The van der Waals surface area contributed by atoms with Gasteiger partial charge in [-0.25, -0.2) is 9.37 Å². The standard InChI is InChI=1S/C15H18FN3O/c1-4-19(3)14(20)9-17-13-8-10(2)18-15-11(13)6-5-7-12(15)16/h5-8H,4,9H2,1-3H3,(H,17,18). The maximum Gasteiger partial charge on any atom is 0.241 e. The van der Waals surface area contributed by atoms with Crippen molar-refractivity contribution in [3.05, 3.63) is 35.8 Å². The molecule has 0 aliphatic carbocycles. The average Bonchev–Trinajstić information content (AvgIpc) is 2.44. The van der Waals surface area contributed by atoms with E-state index in [4.69, 9.17) is 0 Å². The van der Waals surface area contributed by atoms with Crippen LogP contribution in [-0.2, 0) is 4.79 Å². The SMILES string of the molecule is CCN(C)C(=O)CNc1cc(C)nc2c(F)cccc12. The number of nitrogens with one attached hydrogen (secondary N) is 1. The largest absolute Gasteiger partial charge is 0.376 e. The van der Waals surface area contributed by atoms with Crippen molar-refractivity contribution in [1.29, 1.82) is 0 Å². The lowest BCUT2D eigenvalue weighted by Crippen LogP contribution is -2.31. The Labute approximate surface area is 117 Å². The Balaban J connectivity index is 2.30. The van der Waals surface area contributed by atoms with Crippen LogP contribution in [0.15, 0.2) is 24.3 Å². The number of aromatic nitrogens is 1. The number of pyridine rings is 1. The van der Waals surface area contributed by atoms with E-state index in [-0.39, 0.29) is 18.3 Å². The number of aryl methyl sites for hydroxylation is 1. The maximum atomic E-state index is 13.8. The Kier molecular flexibility index (Phi) is 4.17. The van der Waals surface area contributed by atoms with Crippen molar-refractivity contribution in [3.63, 3.8) is 0 Å². The molecule has 1 aromatic carbocycles. The number of amides is 1. The van der Waals surface area contributed by atoms with Gasteiger partial charge in [-0.3, -0.25) is 4.79 Å². The highest BCUT2D eigenvalue weighted by atomic mass is 19.1. The normalized spacial score (nSPS) is 10.6. The molecule has 0 radical (unpaired) electrons. The van der Waals surface area contributed by atoms with Gasteiger partial charge < -0.3 is 10.2 Å². The van der Waals surface area contributed by atoms with Crippen molar-refractivity contribution in [2.75, 3.05) is 25.5 Å². The number of carbonyl (C=O) groups is 1. The van der Waals surface area contributed by atoms with E-state index in [0.29, 0.717) is 23.1 Å². The summed E-state index contributed by atoms with van der Waals surface area (Å²) in [5.74, 6) is -0.363. The Morgan fingerprint density at radius 2 is 2.20 bits per heavy atom. The van der Waals surface area contributed by atoms with Gasteiger partial charge in [0.05, 0.1) is 6.54 Å². The van der Waals surface area contributed by atoms with Crippen LogP contribution in [-0.4, -0.2) is 35.9 Å². The molecule has 0 saturated carbocycles. The summed E-state index contributed by atoms with van der Waals surface area (Å²) >= 11 is 0. The van der Waals surface area contributed by atoms with Gasteiger partial charge in [0.1, 0.15) is 11.3 Å². The quantitative estimate of drug-likeness (QED) is 0.932. The number of hydrogen-bond acceptors (Lipinski definition) is 3. The Hall–Kier alpha value is -2.17. The van der Waals surface area contributed by atoms with Crippen LogP contribution < -0.4 is 5.32 Å². The van der Waals surface area contributed by atoms with Gasteiger partial charge in [0.25, 0.3) is 0 Å². The number of para-hydroxylation sites is 1. The van der Waals surface area contributed by atoms with E-state index in [1.165, 1.54) is 6.07 Å². The third kappa shape index (κ3) is 2.87. The second-order valence-corrected chi connectivity index (χ2v) is 4.71. The van der Waals surface area contributed by atoms with E-state index in [1.807, 2.05) is 13.0 Å². The summed E-state index contributed by atoms with van der Waals surface area (Å²) in [4.78, 5) is 17.6. The molecular formula is C15H18FN3O. The van der Waals surface area contributed by atoms with Crippen LogP contribution >= 0.6 is 0 Å². The van der Waals surface area contributed by atoms with Gasteiger partial charge >= 0.3 is 0 Å². The summed E-state index contributed by atoms with van der Waals surface area (Å²) in [6.45, 7) is 4.56. The molecule has 0 unspecified atom stereocenters. The summed E-state index contributed by atoms with van der Waals surface area (Å²) in [6.07, 6.45) is 0. The first-order valence-corrected chi connectivity index (χ1v) is 6.56. The van der Waals surface area contributed by atoms with Crippen LogP contribution in [0.25, 0.3) is 10.9 Å². The third-order valence-electron chi connectivity index (χ3n) is 3.25. The number of halogens is 1. The first-order valence-electron chi connectivity index (χ1n) is 6.56. The molecule has 2 aromatic rings. The van der Waals surface area contributed by atoms with E-state index in [2.05, 4.69) is 10.3 Å². The molecule has 1 heterocycles. The minimum atomic E-state index is -0.355. The van der Waals surface area contributed by atoms with Crippen molar-refractivity contribution in [2.45, 2.75) is 13.8 Å². The molecule has 0 atom stereocenters. The van der Waals surface area contributed by atoms with Crippen LogP contribution in [0.3, 0.4) is 0 Å². The molecule has 20 heavy (non-hydrogen) atoms. The molecule has 1 aromatic heterocycles. The van der Waals surface area contributed by atoms with E-state index in [9.17, 15) is 9.18 Å². The van der Waals surface area contributed by atoms with Crippen molar-refractivity contribution in [3.8, 4) is 0 Å². The van der Waals surface area contributed by atoms with Gasteiger partial charge in [0.15, 0.2) is 0 Å². The van der Waals surface area contributed by atoms with Crippen molar-refractivity contribution in [1.82, 2.24) is 9.88 Å². The predicted octanol–water partition coefficient (Wildman–Crippen LogP) is 2.57. The summed E-state index contributed by atoms with van der Waals surface area (Å²) < 4.78 is 13.8. The summed E-state index contributed by atoms with van der Waals surface area (Å²) in [7, 11) is 1.75. The third-order valence-corrected chi connectivity index (χ3v) is 3.25. The molecule has 5 heteroatoms. The van der Waals surface area contributed by atoms with Crippen LogP contribution in [0.4, 0.5) is 10.1 Å². The van der Waals surface area contributed by atoms with Gasteiger partial charge in [0.2, 0.25) is 5.91 Å². The number of nitrogens with zero attached hydrogens (tertiary/aromatic N) is 2. The van der Waals surface area contributed by atoms with Crippen LogP contribution in [0.2, 0.25) is 0 Å². The molecule has 0 aliphatic rings. The molecule has 0 aliphatic heterocycles. The summed E-state index contributed by atoms with van der Waals surface area (Å²) in [5, 5.41) is 3.76. The minimum absolute atomic E-state index is 0.00785. The van der Waals surface area contributed by atoms with Crippen molar-refractivity contribution in [2.24, 2.45) is 0 Å². The number of benzene rings is 1. The number of hydrogen-bond donors (Lipinski definition) is 1. The van der Waals surface area contributed by atoms with E-state index in [1.54, 1.807) is 31.0 Å². The van der Waals surface area contributed by atoms with Crippen LogP contribution in [0.1, 0.15) is 12.6 Å². The van der Waals surface area contributed by atoms with E-state index >= 15 is 0 Å². The lowest BCUT2D eigenvalue weighted by atomic mass is 10.1. The lowest BCUT2D eigenvalue weighted by molar-refractivity contribution is -0.127. The van der Waals surface area contributed by atoms with Gasteiger partial charge in [-0.15, -0.1) is 0 Å². The number of anilines is 1. The predicted molar refractivity (Wildman–Crippen MR) is 78.2 cm³/mol. The summed E-state index contributed by atoms with van der Waals surface area (Å²) in [6, 6.07) is 6.64. The van der Waals surface area contributed by atoms with Gasteiger partial charge in [-0.1, -0.05) is 12.1 Å². The molecule has 0 fully saturated rings.